The second kappa shape index (κ2) is 4.01. The standard InChI is InChI=1S/C12H18N4/c13-9-6-16(7-9)12-10-4-2-1-3-5-11(10)14-8-15-12/h8-9H,1-7,13H2. The van der Waals surface area contributed by atoms with Crippen molar-refractivity contribution in [2.75, 3.05) is 18.0 Å². The molecule has 2 heterocycles. The number of aromatic nitrogens is 2. The Morgan fingerprint density at radius 3 is 2.75 bits per heavy atom. The maximum absolute atomic E-state index is 5.83. The molecule has 0 atom stereocenters. The van der Waals surface area contributed by atoms with Crippen LogP contribution < -0.4 is 10.6 Å². The maximum Gasteiger partial charge on any atom is 0.135 e. The summed E-state index contributed by atoms with van der Waals surface area (Å²) in [5.74, 6) is 1.15. The second-order valence-corrected chi connectivity index (χ2v) is 4.85. The van der Waals surface area contributed by atoms with Gasteiger partial charge in [-0.15, -0.1) is 0 Å². The summed E-state index contributed by atoms with van der Waals surface area (Å²) in [4.78, 5) is 11.2. The van der Waals surface area contributed by atoms with Crippen molar-refractivity contribution >= 4 is 5.82 Å². The van der Waals surface area contributed by atoms with E-state index in [9.17, 15) is 0 Å². The summed E-state index contributed by atoms with van der Waals surface area (Å²) in [5, 5.41) is 0. The number of fused-ring (bicyclic) bond motifs is 1. The smallest absolute Gasteiger partial charge is 0.135 e. The van der Waals surface area contributed by atoms with Crippen LogP contribution in [0.1, 0.15) is 30.5 Å². The van der Waals surface area contributed by atoms with E-state index in [-0.39, 0.29) is 0 Å². The van der Waals surface area contributed by atoms with Gasteiger partial charge in [-0.05, 0) is 25.7 Å². The molecule has 2 aliphatic rings. The highest BCUT2D eigenvalue weighted by Gasteiger charge is 2.27. The molecule has 1 aliphatic carbocycles. The van der Waals surface area contributed by atoms with Crippen molar-refractivity contribution in [2.24, 2.45) is 5.73 Å². The zero-order valence-corrected chi connectivity index (χ0v) is 9.52. The van der Waals surface area contributed by atoms with E-state index in [4.69, 9.17) is 5.73 Å². The molecule has 1 aliphatic heterocycles. The van der Waals surface area contributed by atoms with E-state index >= 15 is 0 Å². The lowest BCUT2D eigenvalue weighted by Gasteiger charge is -2.39. The zero-order chi connectivity index (χ0) is 11.0. The lowest BCUT2D eigenvalue weighted by atomic mass is 10.1. The van der Waals surface area contributed by atoms with Gasteiger partial charge in [0.05, 0.1) is 0 Å². The van der Waals surface area contributed by atoms with Gasteiger partial charge in [0.1, 0.15) is 12.1 Å². The third kappa shape index (κ3) is 1.67. The van der Waals surface area contributed by atoms with E-state index in [1.165, 1.54) is 30.5 Å². The van der Waals surface area contributed by atoms with Crippen molar-refractivity contribution in [3.63, 3.8) is 0 Å². The minimum absolute atomic E-state index is 0.330. The molecule has 0 radical (unpaired) electrons. The van der Waals surface area contributed by atoms with Crippen LogP contribution in [0.15, 0.2) is 6.33 Å². The van der Waals surface area contributed by atoms with E-state index < -0.39 is 0 Å². The molecule has 16 heavy (non-hydrogen) atoms. The maximum atomic E-state index is 5.83. The Morgan fingerprint density at radius 1 is 1.12 bits per heavy atom. The lowest BCUT2D eigenvalue weighted by molar-refractivity contribution is 0.511. The monoisotopic (exact) mass is 218 g/mol. The van der Waals surface area contributed by atoms with Crippen LogP contribution >= 0.6 is 0 Å². The summed E-state index contributed by atoms with van der Waals surface area (Å²) in [6.45, 7) is 1.90. The first-order chi connectivity index (χ1) is 7.84. The molecule has 86 valence electrons. The number of hydrogen-bond acceptors (Lipinski definition) is 4. The fourth-order valence-electron chi connectivity index (χ4n) is 2.64. The van der Waals surface area contributed by atoms with Gasteiger partial charge in [0.25, 0.3) is 0 Å². The summed E-state index contributed by atoms with van der Waals surface area (Å²) >= 11 is 0. The van der Waals surface area contributed by atoms with Gasteiger partial charge in [-0.1, -0.05) is 6.42 Å². The summed E-state index contributed by atoms with van der Waals surface area (Å²) < 4.78 is 0. The van der Waals surface area contributed by atoms with E-state index in [2.05, 4.69) is 14.9 Å². The Morgan fingerprint density at radius 2 is 1.94 bits per heavy atom. The Kier molecular flexibility index (Phi) is 2.52. The quantitative estimate of drug-likeness (QED) is 0.711. The molecule has 1 aromatic rings. The number of nitrogens with zero attached hydrogens (tertiary/aromatic N) is 3. The van der Waals surface area contributed by atoms with Crippen molar-refractivity contribution in [1.29, 1.82) is 0 Å². The van der Waals surface area contributed by atoms with E-state index in [1.807, 2.05) is 0 Å². The summed E-state index contributed by atoms with van der Waals surface area (Å²) in [5.41, 5.74) is 8.48. The van der Waals surface area contributed by atoms with Crippen LogP contribution in [0.25, 0.3) is 0 Å². The minimum atomic E-state index is 0.330. The first-order valence-corrected chi connectivity index (χ1v) is 6.18. The van der Waals surface area contributed by atoms with Gasteiger partial charge in [-0.2, -0.15) is 0 Å². The molecule has 0 amide bonds. The molecule has 3 rings (SSSR count). The Balaban J connectivity index is 1.92. The third-order valence-electron chi connectivity index (χ3n) is 3.56. The molecule has 0 spiro atoms. The first kappa shape index (κ1) is 10.0. The lowest BCUT2D eigenvalue weighted by Crippen LogP contribution is -2.56. The predicted octanol–water partition coefficient (Wildman–Crippen LogP) is 0.893. The number of anilines is 1. The molecular weight excluding hydrogens is 200 g/mol. The molecule has 0 unspecified atom stereocenters. The fourth-order valence-corrected chi connectivity index (χ4v) is 2.64. The zero-order valence-electron chi connectivity index (χ0n) is 9.52. The van der Waals surface area contributed by atoms with Crippen LogP contribution in [0.5, 0.6) is 0 Å². The van der Waals surface area contributed by atoms with E-state index in [0.29, 0.717) is 6.04 Å². The van der Waals surface area contributed by atoms with Gasteiger partial charge in [-0.25, -0.2) is 9.97 Å². The molecule has 1 aromatic heterocycles. The third-order valence-corrected chi connectivity index (χ3v) is 3.56. The largest absolute Gasteiger partial charge is 0.353 e. The van der Waals surface area contributed by atoms with Gasteiger partial charge < -0.3 is 10.6 Å². The Labute approximate surface area is 95.9 Å². The van der Waals surface area contributed by atoms with Crippen LogP contribution in [0.4, 0.5) is 5.82 Å². The van der Waals surface area contributed by atoms with Crippen LogP contribution in [-0.2, 0) is 12.8 Å². The second-order valence-electron chi connectivity index (χ2n) is 4.85. The van der Waals surface area contributed by atoms with Crippen molar-refractivity contribution in [1.82, 2.24) is 9.97 Å². The van der Waals surface area contributed by atoms with E-state index in [1.54, 1.807) is 6.33 Å². The normalized spacial score (nSPS) is 21.2. The summed E-state index contributed by atoms with van der Waals surface area (Å²) in [6.07, 6.45) is 7.82. The number of aryl methyl sites for hydroxylation is 1. The Hall–Kier alpha value is -1.16. The molecule has 1 fully saturated rings. The number of rotatable bonds is 1. The molecule has 1 saturated heterocycles. The molecule has 0 saturated carbocycles. The minimum Gasteiger partial charge on any atom is -0.353 e. The van der Waals surface area contributed by atoms with Crippen molar-refractivity contribution in [3.8, 4) is 0 Å². The number of hydrogen-bond donors (Lipinski definition) is 1. The van der Waals surface area contributed by atoms with Gasteiger partial charge >= 0.3 is 0 Å². The van der Waals surface area contributed by atoms with E-state index in [0.717, 1.165) is 31.7 Å². The Bertz CT molecular complexity index is 385. The van der Waals surface area contributed by atoms with Crippen LogP contribution in [0, 0.1) is 0 Å². The molecule has 4 heteroatoms. The number of nitrogens with two attached hydrogens (primary N) is 1. The predicted molar refractivity (Wildman–Crippen MR) is 63.5 cm³/mol. The van der Waals surface area contributed by atoms with Crippen LogP contribution in [0.3, 0.4) is 0 Å². The molecule has 0 bridgehead atoms. The average molecular weight is 218 g/mol. The molecule has 2 N–H and O–H groups in total. The molecule has 4 nitrogen and oxygen atoms in total. The van der Waals surface area contributed by atoms with Gasteiger partial charge in [0, 0.05) is 30.4 Å². The van der Waals surface area contributed by atoms with Gasteiger partial charge in [0.15, 0.2) is 0 Å². The summed E-state index contributed by atoms with van der Waals surface area (Å²) in [6, 6.07) is 0.330. The highest BCUT2D eigenvalue weighted by atomic mass is 15.3. The highest BCUT2D eigenvalue weighted by molar-refractivity contribution is 5.51. The van der Waals surface area contributed by atoms with Crippen LogP contribution in [0.2, 0.25) is 0 Å². The van der Waals surface area contributed by atoms with Crippen molar-refractivity contribution in [2.45, 2.75) is 38.1 Å². The topological polar surface area (TPSA) is 55.0 Å². The first-order valence-electron chi connectivity index (χ1n) is 6.18. The van der Waals surface area contributed by atoms with Crippen molar-refractivity contribution in [3.05, 3.63) is 17.6 Å². The SMILES string of the molecule is NC1CN(c2ncnc3c2CCCCC3)C1. The summed E-state index contributed by atoms with van der Waals surface area (Å²) in [7, 11) is 0. The molecular formula is C12H18N4. The van der Waals surface area contributed by atoms with Gasteiger partial charge in [0.2, 0.25) is 0 Å². The molecule has 0 aromatic carbocycles. The van der Waals surface area contributed by atoms with Gasteiger partial charge in [-0.3, -0.25) is 0 Å². The fraction of sp³-hybridized carbons (Fsp3) is 0.667. The highest BCUT2D eigenvalue weighted by Crippen LogP contribution is 2.28. The van der Waals surface area contributed by atoms with Crippen LogP contribution in [-0.4, -0.2) is 29.1 Å². The average Bonchev–Trinajstić information content (AvgIpc) is 2.49. The van der Waals surface area contributed by atoms with Crippen molar-refractivity contribution < 1.29 is 0 Å².